The van der Waals surface area contributed by atoms with Crippen LogP contribution in [0, 0.1) is 5.92 Å². The van der Waals surface area contributed by atoms with Gasteiger partial charge in [-0.05, 0) is 13.0 Å². The van der Waals surface area contributed by atoms with Crippen molar-refractivity contribution in [2.24, 2.45) is 13.0 Å². The SMILES string of the molecule is CCOCC1CN(C(=O)c2cn(C)c3ccccc23)Cc2cncn2C1. The van der Waals surface area contributed by atoms with Gasteiger partial charge in [0.05, 0.1) is 30.7 Å². The van der Waals surface area contributed by atoms with Gasteiger partial charge in [-0.25, -0.2) is 4.98 Å². The fourth-order valence-corrected chi connectivity index (χ4v) is 3.78. The predicted molar refractivity (Wildman–Crippen MR) is 99.9 cm³/mol. The Morgan fingerprint density at radius 1 is 1.31 bits per heavy atom. The van der Waals surface area contributed by atoms with Crippen LogP contribution in [0.4, 0.5) is 0 Å². The first-order chi connectivity index (χ1) is 12.7. The van der Waals surface area contributed by atoms with Gasteiger partial charge >= 0.3 is 0 Å². The maximum Gasteiger partial charge on any atom is 0.256 e. The summed E-state index contributed by atoms with van der Waals surface area (Å²) < 4.78 is 9.81. The van der Waals surface area contributed by atoms with Gasteiger partial charge in [-0.1, -0.05) is 18.2 Å². The molecule has 1 amide bonds. The van der Waals surface area contributed by atoms with Crippen molar-refractivity contribution in [2.45, 2.75) is 20.0 Å². The van der Waals surface area contributed by atoms with Crippen molar-refractivity contribution in [3.05, 3.63) is 54.2 Å². The van der Waals surface area contributed by atoms with Crippen molar-refractivity contribution in [1.82, 2.24) is 19.0 Å². The van der Waals surface area contributed by atoms with Gasteiger partial charge in [0.2, 0.25) is 0 Å². The number of amides is 1. The molecule has 6 heteroatoms. The van der Waals surface area contributed by atoms with Crippen molar-refractivity contribution in [3.63, 3.8) is 0 Å². The van der Waals surface area contributed by atoms with Gasteiger partial charge in [0.15, 0.2) is 0 Å². The number of aryl methyl sites for hydroxylation is 1. The summed E-state index contributed by atoms with van der Waals surface area (Å²) in [6.45, 7) is 5.42. The van der Waals surface area contributed by atoms with Crippen molar-refractivity contribution in [3.8, 4) is 0 Å². The number of fused-ring (bicyclic) bond motifs is 2. The molecule has 6 nitrogen and oxygen atoms in total. The topological polar surface area (TPSA) is 52.3 Å². The molecule has 0 fully saturated rings. The van der Waals surface area contributed by atoms with Crippen LogP contribution in [0.5, 0.6) is 0 Å². The molecular formula is C20H24N4O2. The highest BCUT2D eigenvalue weighted by Crippen LogP contribution is 2.24. The molecule has 0 spiro atoms. The van der Waals surface area contributed by atoms with Gasteiger partial charge in [-0.3, -0.25) is 4.79 Å². The number of hydrogen-bond acceptors (Lipinski definition) is 3. The number of ether oxygens (including phenoxy) is 1. The number of rotatable bonds is 4. The highest BCUT2D eigenvalue weighted by atomic mass is 16.5. The number of imidazole rings is 1. The minimum absolute atomic E-state index is 0.0675. The second kappa shape index (κ2) is 6.96. The van der Waals surface area contributed by atoms with Gasteiger partial charge in [0, 0.05) is 56.0 Å². The van der Waals surface area contributed by atoms with E-state index in [2.05, 4.69) is 9.55 Å². The van der Waals surface area contributed by atoms with E-state index in [9.17, 15) is 4.79 Å². The number of hydrogen-bond donors (Lipinski definition) is 0. The monoisotopic (exact) mass is 352 g/mol. The van der Waals surface area contributed by atoms with Crippen LogP contribution in [0.25, 0.3) is 10.9 Å². The molecule has 0 saturated heterocycles. The number of nitrogens with zero attached hydrogens (tertiary/aromatic N) is 4. The van der Waals surface area contributed by atoms with Gasteiger partial charge in [-0.2, -0.15) is 0 Å². The van der Waals surface area contributed by atoms with E-state index >= 15 is 0 Å². The lowest BCUT2D eigenvalue weighted by Gasteiger charge is -2.24. The molecule has 0 aliphatic carbocycles. The summed E-state index contributed by atoms with van der Waals surface area (Å²) in [6.07, 6.45) is 5.64. The number of carbonyl (C=O) groups excluding carboxylic acids is 1. The van der Waals surface area contributed by atoms with Crippen LogP contribution < -0.4 is 0 Å². The minimum atomic E-state index is 0.0675. The molecule has 1 aromatic carbocycles. The van der Waals surface area contributed by atoms with Crippen LogP contribution in [0.1, 0.15) is 23.0 Å². The van der Waals surface area contributed by atoms with E-state index in [1.54, 1.807) is 0 Å². The molecule has 0 N–H and O–H groups in total. The Morgan fingerprint density at radius 2 is 2.15 bits per heavy atom. The Labute approximate surface area is 153 Å². The Kier molecular flexibility index (Phi) is 4.51. The normalized spacial score (nSPS) is 17.3. The molecule has 1 aliphatic rings. The third kappa shape index (κ3) is 3.01. The second-order valence-corrected chi connectivity index (χ2v) is 6.92. The summed E-state index contributed by atoms with van der Waals surface area (Å²) in [4.78, 5) is 19.6. The van der Waals surface area contributed by atoms with Crippen LogP contribution >= 0.6 is 0 Å². The zero-order chi connectivity index (χ0) is 18.1. The summed E-state index contributed by atoms with van der Waals surface area (Å²) in [5.41, 5.74) is 2.89. The summed E-state index contributed by atoms with van der Waals surface area (Å²) in [7, 11) is 1.98. The molecule has 1 atom stereocenters. The van der Waals surface area contributed by atoms with E-state index in [-0.39, 0.29) is 11.8 Å². The molecular weight excluding hydrogens is 328 g/mol. The standard InChI is InChI=1S/C20H24N4O2/c1-3-26-13-15-9-23(11-16-8-21-14-24(16)10-15)20(25)18-12-22(2)19-7-5-4-6-17(18)19/h4-8,12,14-15H,3,9-11,13H2,1-2H3. The molecule has 136 valence electrons. The largest absolute Gasteiger partial charge is 0.381 e. The average Bonchev–Trinajstić information content (AvgIpc) is 3.18. The third-order valence-electron chi connectivity index (χ3n) is 5.06. The van der Waals surface area contributed by atoms with Crippen LogP contribution in [0.2, 0.25) is 0 Å². The van der Waals surface area contributed by atoms with E-state index < -0.39 is 0 Å². The molecule has 0 radical (unpaired) electrons. The van der Waals surface area contributed by atoms with Crippen LogP contribution in [0.3, 0.4) is 0 Å². The fourth-order valence-electron chi connectivity index (χ4n) is 3.78. The summed E-state index contributed by atoms with van der Waals surface area (Å²) in [6, 6.07) is 8.04. The fraction of sp³-hybridized carbons (Fsp3) is 0.400. The van der Waals surface area contributed by atoms with E-state index in [0.717, 1.165) is 28.7 Å². The van der Waals surface area contributed by atoms with Crippen LogP contribution in [-0.2, 0) is 24.9 Å². The molecule has 1 unspecified atom stereocenters. The Hall–Kier alpha value is -2.60. The quantitative estimate of drug-likeness (QED) is 0.725. The molecule has 2 aromatic heterocycles. The third-order valence-corrected chi connectivity index (χ3v) is 5.06. The van der Waals surface area contributed by atoms with E-state index in [0.29, 0.717) is 26.3 Å². The number of para-hydroxylation sites is 1. The molecule has 3 aromatic rings. The van der Waals surface area contributed by atoms with Gasteiger partial charge < -0.3 is 18.8 Å². The summed E-state index contributed by atoms with van der Waals surface area (Å²) in [5.74, 6) is 0.322. The van der Waals surface area contributed by atoms with Crippen molar-refractivity contribution in [2.75, 3.05) is 19.8 Å². The van der Waals surface area contributed by atoms with Gasteiger partial charge in [-0.15, -0.1) is 0 Å². The van der Waals surface area contributed by atoms with E-state index in [1.165, 1.54) is 0 Å². The number of benzene rings is 1. The first-order valence-corrected chi connectivity index (χ1v) is 9.07. The number of carbonyl (C=O) groups is 1. The lowest BCUT2D eigenvalue weighted by atomic mass is 10.1. The average molecular weight is 352 g/mol. The summed E-state index contributed by atoms with van der Waals surface area (Å²) >= 11 is 0. The van der Waals surface area contributed by atoms with Crippen LogP contribution in [0.15, 0.2) is 43.0 Å². The zero-order valence-corrected chi connectivity index (χ0v) is 15.3. The maximum atomic E-state index is 13.4. The van der Waals surface area contributed by atoms with E-state index in [1.807, 2.05) is 66.4 Å². The lowest BCUT2D eigenvalue weighted by Crippen LogP contribution is -2.35. The molecule has 0 bridgehead atoms. The smallest absolute Gasteiger partial charge is 0.256 e. The summed E-state index contributed by atoms with van der Waals surface area (Å²) in [5, 5.41) is 0.999. The predicted octanol–water partition coefficient (Wildman–Crippen LogP) is 2.68. The molecule has 0 saturated carbocycles. The highest BCUT2D eigenvalue weighted by Gasteiger charge is 2.27. The van der Waals surface area contributed by atoms with E-state index in [4.69, 9.17) is 4.74 Å². The van der Waals surface area contributed by atoms with Gasteiger partial charge in [0.25, 0.3) is 5.91 Å². The molecule has 4 rings (SSSR count). The Bertz CT molecular complexity index is 927. The second-order valence-electron chi connectivity index (χ2n) is 6.92. The Morgan fingerprint density at radius 3 is 3.00 bits per heavy atom. The first-order valence-electron chi connectivity index (χ1n) is 9.07. The van der Waals surface area contributed by atoms with Gasteiger partial charge in [0.1, 0.15) is 0 Å². The first kappa shape index (κ1) is 16.8. The number of aromatic nitrogens is 3. The molecule has 1 aliphatic heterocycles. The maximum absolute atomic E-state index is 13.4. The van der Waals surface area contributed by atoms with Crippen molar-refractivity contribution < 1.29 is 9.53 Å². The highest BCUT2D eigenvalue weighted by molar-refractivity contribution is 6.06. The Balaban J connectivity index is 1.67. The van der Waals surface area contributed by atoms with Crippen molar-refractivity contribution in [1.29, 1.82) is 0 Å². The zero-order valence-electron chi connectivity index (χ0n) is 15.3. The minimum Gasteiger partial charge on any atom is -0.381 e. The van der Waals surface area contributed by atoms with Crippen LogP contribution in [-0.4, -0.2) is 44.7 Å². The molecule has 26 heavy (non-hydrogen) atoms. The molecule has 3 heterocycles. The van der Waals surface area contributed by atoms with Crippen molar-refractivity contribution >= 4 is 16.8 Å². The lowest BCUT2D eigenvalue weighted by molar-refractivity contribution is 0.0620.